The topological polar surface area (TPSA) is 55.6 Å². The predicted molar refractivity (Wildman–Crippen MR) is 84.7 cm³/mol. The first-order chi connectivity index (χ1) is 9.45. The molecule has 0 fully saturated rings. The predicted octanol–water partition coefficient (Wildman–Crippen LogP) is 2.66. The number of hydrogen-bond donors (Lipinski definition) is 1. The standard InChI is InChI=1S/C15H23BrN2O2/c1-4-11(2)14(17)15(19)18(3)9-10-20-13-7-5-12(16)6-8-13/h5-8,11,14H,4,9-10,17H2,1-3H3/t11?,14-/m0/s1. The van der Waals surface area contributed by atoms with Crippen molar-refractivity contribution >= 4 is 21.8 Å². The molecule has 0 heterocycles. The number of rotatable bonds is 7. The van der Waals surface area contributed by atoms with E-state index in [9.17, 15) is 4.79 Å². The molecule has 0 aliphatic carbocycles. The maximum absolute atomic E-state index is 12.1. The lowest BCUT2D eigenvalue weighted by molar-refractivity contribution is -0.132. The molecule has 0 aromatic heterocycles. The fraction of sp³-hybridized carbons (Fsp3) is 0.533. The van der Waals surface area contributed by atoms with Gasteiger partial charge in [-0.3, -0.25) is 4.79 Å². The van der Waals surface area contributed by atoms with Gasteiger partial charge in [-0.25, -0.2) is 0 Å². The monoisotopic (exact) mass is 342 g/mol. The van der Waals surface area contributed by atoms with Crippen LogP contribution in [0.4, 0.5) is 0 Å². The van der Waals surface area contributed by atoms with Crippen molar-refractivity contribution in [3.63, 3.8) is 0 Å². The molecular weight excluding hydrogens is 320 g/mol. The number of hydrogen-bond acceptors (Lipinski definition) is 3. The Morgan fingerprint density at radius 1 is 1.40 bits per heavy atom. The van der Waals surface area contributed by atoms with Gasteiger partial charge in [-0.2, -0.15) is 0 Å². The molecule has 0 saturated carbocycles. The Hall–Kier alpha value is -1.07. The smallest absolute Gasteiger partial charge is 0.239 e. The fourth-order valence-electron chi connectivity index (χ4n) is 1.69. The summed E-state index contributed by atoms with van der Waals surface area (Å²) in [4.78, 5) is 13.7. The van der Waals surface area contributed by atoms with Crippen LogP contribution in [0.25, 0.3) is 0 Å². The van der Waals surface area contributed by atoms with Gasteiger partial charge in [0.2, 0.25) is 5.91 Å². The minimum Gasteiger partial charge on any atom is -0.492 e. The molecule has 112 valence electrons. The minimum atomic E-state index is -0.433. The lowest BCUT2D eigenvalue weighted by atomic mass is 9.99. The molecule has 0 aliphatic heterocycles. The van der Waals surface area contributed by atoms with Gasteiger partial charge in [-0.05, 0) is 30.2 Å². The fourth-order valence-corrected chi connectivity index (χ4v) is 1.96. The Morgan fingerprint density at radius 2 is 2.00 bits per heavy atom. The van der Waals surface area contributed by atoms with E-state index >= 15 is 0 Å². The highest BCUT2D eigenvalue weighted by Gasteiger charge is 2.22. The summed E-state index contributed by atoms with van der Waals surface area (Å²) in [6, 6.07) is 7.18. The third-order valence-electron chi connectivity index (χ3n) is 3.43. The number of ether oxygens (including phenoxy) is 1. The molecule has 1 aromatic carbocycles. The number of nitrogens with two attached hydrogens (primary N) is 1. The number of nitrogens with zero attached hydrogens (tertiary/aromatic N) is 1. The Labute approximate surface area is 129 Å². The van der Waals surface area contributed by atoms with E-state index in [1.54, 1.807) is 11.9 Å². The van der Waals surface area contributed by atoms with Gasteiger partial charge in [-0.1, -0.05) is 36.2 Å². The van der Waals surface area contributed by atoms with Gasteiger partial charge in [0.05, 0.1) is 12.6 Å². The van der Waals surface area contributed by atoms with Crippen molar-refractivity contribution in [3.05, 3.63) is 28.7 Å². The minimum absolute atomic E-state index is 0.0289. The summed E-state index contributed by atoms with van der Waals surface area (Å²) >= 11 is 3.37. The normalized spacial score (nSPS) is 13.7. The summed E-state index contributed by atoms with van der Waals surface area (Å²) in [5.74, 6) is 0.955. The first-order valence-corrected chi connectivity index (χ1v) is 7.64. The molecule has 0 bridgehead atoms. The maximum atomic E-state index is 12.1. The third kappa shape index (κ3) is 5.13. The Kier molecular flexibility index (Phi) is 7.02. The molecule has 0 aliphatic rings. The highest BCUT2D eigenvalue weighted by molar-refractivity contribution is 9.10. The Bertz CT molecular complexity index is 422. The van der Waals surface area contributed by atoms with Crippen molar-refractivity contribution in [2.24, 2.45) is 11.7 Å². The van der Waals surface area contributed by atoms with E-state index in [0.717, 1.165) is 16.6 Å². The van der Waals surface area contributed by atoms with Crippen LogP contribution in [-0.2, 0) is 4.79 Å². The first-order valence-electron chi connectivity index (χ1n) is 6.84. The van der Waals surface area contributed by atoms with Gasteiger partial charge in [-0.15, -0.1) is 0 Å². The molecule has 1 rings (SSSR count). The van der Waals surface area contributed by atoms with Gasteiger partial charge in [0, 0.05) is 11.5 Å². The molecule has 1 amide bonds. The van der Waals surface area contributed by atoms with Crippen molar-refractivity contribution in [3.8, 4) is 5.75 Å². The first kappa shape index (κ1) is 17.0. The van der Waals surface area contributed by atoms with Crippen molar-refractivity contribution in [2.45, 2.75) is 26.3 Å². The molecule has 1 aromatic rings. The van der Waals surface area contributed by atoms with Crippen LogP contribution in [0.1, 0.15) is 20.3 Å². The second-order valence-electron chi connectivity index (χ2n) is 4.97. The van der Waals surface area contributed by atoms with E-state index in [1.807, 2.05) is 38.1 Å². The number of likely N-dealkylation sites (N-methyl/N-ethyl adjacent to an activating group) is 1. The van der Waals surface area contributed by atoms with Gasteiger partial charge in [0.1, 0.15) is 12.4 Å². The van der Waals surface area contributed by atoms with Crippen LogP contribution in [0, 0.1) is 5.92 Å². The van der Waals surface area contributed by atoms with Crippen molar-refractivity contribution in [1.82, 2.24) is 4.90 Å². The lowest BCUT2D eigenvalue weighted by Gasteiger charge is -2.24. The van der Waals surface area contributed by atoms with Crippen molar-refractivity contribution in [2.75, 3.05) is 20.2 Å². The SMILES string of the molecule is CCC(C)[C@H](N)C(=O)N(C)CCOc1ccc(Br)cc1. The van der Waals surface area contributed by atoms with Crippen LogP contribution in [0.5, 0.6) is 5.75 Å². The van der Waals surface area contributed by atoms with Gasteiger partial charge >= 0.3 is 0 Å². The van der Waals surface area contributed by atoms with Crippen LogP contribution in [0.2, 0.25) is 0 Å². The molecule has 0 radical (unpaired) electrons. The maximum Gasteiger partial charge on any atom is 0.239 e. The molecule has 0 spiro atoms. The second kappa shape index (κ2) is 8.27. The zero-order chi connectivity index (χ0) is 15.1. The molecule has 2 atom stereocenters. The molecule has 2 N–H and O–H groups in total. The van der Waals surface area contributed by atoms with E-state index in [1.165, 1.54) is 0 Å². The number of carbonyl (C=O) groups excluding carboxylic acids is 1. The van der Waals surface area contributed by atoms with Crippen LogP contribution in [-0.4, -0.2) is 37.0 Å². The average molecular weight is 343 g/mol. The summed E-state index contributed by atoms with van der Waals surface area (Å²) in [5.41, 5.74) is 5.93. The van der Waals surface area contributed by atoms with Crippen molar-refractivity contribution < 1.29 is 9.53 Å². The zero-order valence-corrected chi connectivity index (χ0v) is 13.9. The number of amides is 1. The molecule has 1 unspecified atom stereocenters. The summed E-state index contributed by atoms with van der Waals surface area (Å²) in [6.07, 6.45) is 0.899. The highest BCUT2D eigenvalue weighted by atomic mass is 79.9. The quantitative estimate of drug-likeness (QED) is 0.828. The van der Waals surface area contributed by atoms with Crippen LogP contribution in [0.15, 0.2) is 28.7 Å². The summed E-state index contributed by atoms with van der Waals surface area (Å²) < 4.78 is 6.60. The van der Waals surface area contributed by atoms with Crippen LogP contribution >= 0.6 is 15.9 Å². The number of benzene rings is 1. The summed E-state index contributed by atoms with van der Waals surface area (Å²) in [7, 11) is 1.76. The van der Waals surface area contributed by atoms with Gasteiger partial charge in [0.25, 0.3) is 0 Å². The lowest BCUT2D eigenvalue weighted by Crippen LogP contribution is -2.46. The number of carbonyl (C=O) groups is 1. The van der Waals surface area contributed by atoms with E-state index in [0.29, 0.717) is 13.2 Å². The van der Waals surface area contributed by atoms with E-state index in [4.69, 9.17) is 10.5 Å². The van der Waals surface area contributed by atoms with E-state index in [-0.39, 0.29) is 11.8 Å². The Balaban J connectivity index is 2.37. The Morgan fingerprint density at radius 3 is 2.55 bits per heavy atom. The van der Waals surface area contributed by atoms with Gasteiger partial charge in [0.15, 0.2) is 0 Å². The van der Waals surface area contributed by atoms with Crippen molar-refractivity contribution in [1.29, 1.82) is 0 Å². The molecular formula is C15H23BrN2O2. The third-order valence-corrected chi connectivity index (χ3v) is 3.96. The summed E-state index contributed by atoms with van der Waals surface area (Å²) in [6.45, 7) is 5.01. The van der Waals surface area contributed by atoms with Crippen LogP contribution < -0.4 is 10.5 Å². The molecule has 5 heteroatoms. The largest absolute Gasteiger partial charge is 0.492 e. The van der Waals surface area contributed by atoms with E-state index < -0.39 is 6.04 Å². The molecule has 0 saturated heterocycles. The highest BCUT2D eigenvalue weighted by Crippen LogP contribution is 2.16. The van der Waals surface area contributed by atoms with Crippen LogP contribution in [0.3, 0.4) is 0 Å². The molecule has 20 heavy (non-hydrogen) atoms. The van der Waals surface area contributed by atoms with Gasteiger partial charge < -0.3 is 15.4 Å². The summed E-state index contributed by atoms with van der Waals surface area (Å²) in [5, 5.41) is 0. The molecule has 4 nitrogen and oxygen atoms in total. The number of halogens is 1. The second-order valence-corrected chi connectivity index (χ2v) is 5.89. The average Bonchev–Trinajstić information content (AvgIpc) is 2.46. The van der Waals surface area contributed by atoms with E-state index in [2.05, 4.69) is 15.9 Å². The zero-order valence-electron chi connectivity index (χ0n) is 12.3.